The number of aliphatic hydroxyl groups is 1. The van der Waals surface area contributed by atoms with E-state index in [4.69, 9.17) is 9.94 Å². The normalized spacial score (nSPS) is 19.4. The first-order valence-electron chi connectivity index (χ1n) is 6.50. The Morgan fingerprint density at radius 3 is 2.80 bits per heavy atom. The van der Waals surface area contributed by atoms with E-state index >= 15 is 0 Å². The first-order valence-corrected chi connectivity index (χ1v) is 6.50. The predicted molar refractivity (Wildman–Crippen MR) is 72.5 cm³/mol. The summed E-state index contributed by atoms with van der Waals surface area (Å²) in [5.74, 6) is 0.0228. The first-order chi connectivity index (χ1) is 9.35. The molecule has 1 aromatic carbocycles. The van der Waals surface area contributed by atoms with Crippen molar-refractivity contribution in [3.8, 4) is 5.75 Å². The van der Waals surface area contributed by atoms with E-state index in [2.05, 4.69) is 0 Å². The van der Waals surface area contributed by atoms with Crippen LogP contribution < -0.4 is 10.2 Å². The average Bonchev–Trinajstić information content (AvgIpc) is 2.54. The number of nitrogens with zero attached hydrogens (tertiary/aromatic N) is 1. The minimum atomic E-state index is -0.597. The Balaban J connectivity index is 2.36. The molecule has 1 unspecified atom stereocenters. The molecule has 0 fully saturated rings. The van der Waals surface area contributed by atoms with Crippen LogP contribution in [0.3, 0.4) is 0 Å². The number of amides is 1. The summed E-state index contributed by atoms with van der Waals surface area (Å²) in [6, 6.07) is 4.99. The van der Waals surface area contributed by atoms with E-state index in [1.807, 2.05) is 18.7 Å². The molecular formula is C14H20N2O4. The van der Waals surface area contributed by atoms with Gasteiger partial charge in [0, 0.05) is 17.7 Å². The molecule has 0 bridgehead atoms. The van der Waals surface area contributed by atoms with E-state index < -0.39 is 12.1 Å². The maximum Gasteiger partial charge on any atom is 0.274 e. The van der Waals surface area contributed by atoms with E-state index in [0.717, 1.165) is 5.56 Å². The Morgan fingerprint density at radius 1 is 1.50 bits per heavy atom. The molecule has 110 valence electrons. The van der Waals surface area contributed by atoms with Crippen LogP contribution in [0.1, 0.15) is 36.7 Å². The molecule has 1 atom stereocenters. The molecule has 6 heteroatoms. The largest absolute Gasteiger partial charge is 0.491 e. The molecule has 1 aromatic rings. The van der Waals surface area contributed by atoms with Crippen molar-refractivity contribution in [2.45, 2.75) is 39.1 Å². The van der Waals surface area contributed by atoms with Gasteiger partial charge in [0.1, 0.15) is 18.6 Å². The second kappa shape index (κ2) is 5.40. The van der Waals surface area contributed by atoms with Gasteiger partial charge in [-0.05, 0) is 32.9 Å². The van der Waals surface area contributed by atoms with Gasteiger partial charge in [-0.15, -0.1) is 0 Å². The number of hydrogen-bond donors (Lipinski definition) is 3. The van der Waals surface area contributed by atoms with Crippen molar-refractivity contribution < 1.29 is 19.8 Å². The maximum absolute atomic E-state index is 11.4. The van der Waals surface area contributed by atoms with Crippen LogP contribution in [-0.4, -0.2) is 39.5 Å². The van der Waals surface area contributed by atoms with Gasteiger partial charge in [0.2, 0.25) is 0 Å². The third kappa shape index (κ3) is 2.77. The van der Waals surface area contributed by atoms with Gasteiger partial charge in [-0.3, -0.25) is 14.9 Å². The highest BCUT2D eigenvalue weighted by atomic mass is 16.5. The molecule has 0 spiro atoms. The summed E-state index contributed by atoms with van der Waals surface area (Å²) < 4.78 is 5.77. The lowest BCUT2D eigenvalue weighted by molar-refractivity contribution is -0.0601. The van der Waals surface area contributed by atoms with Gasteiger partial charge in [-0.25, -0.2) is 5.48 Å². The zero-order valence-electron chi connectivity index (χ0n) is 11.9. The number of hydroxylamine groups is 1. The van der Waals surface area contributed by atoms with Crippen LogP contribution in [-0.2, 0) is 6.54 Å². The van der Waals surface area contributed by atoms with Crippen molar-refractivity contribution in [3.05, 3.63) is 29.3 Å². The summed E-state index contributed by atoms with van der Waals surface area (Å²) in [6.45, 7) is 6.64. The molecular weight excluding hydrogens is 260 g/mol. The van der Waals surface area contributed by atoms with E-state index in [1.54, 1.807) is 30.6 Å². The first kappa shape index (κ1) is 14.8. The third-order valence-electron chi connectivity index (χ3n) is 3.58. The van der Waals surface area contributed by atoms with Gasteiger partial charge in [0.05, 0.1) is 5.54 Å². The molecule has 0 saturated carbocycles. The van der Waals surface area contributed by atoms with Crippen molar-refractivity contribution in [2.75, 3.05) is 6.61 Å². The highest BCUT2D eigenvalue weighted by molar-refractivity contribution is 5.93. The molecule has 1 heterocycles. The summed E-state index contributed by atoms with van der Waals surface area (Å²) in [7, 11) is 0. The topological polar surface area (TPSA) is 82.0 Å². The molecule has 0 aliphatic carbocycles. The Bertz CT molecular complexity index is 514. The maximum atomic E-state index is 11.4. The van der Waals surface area contributed by atoms with Crippen LogP contribution in [0, 0.1) is 0 Å². The smallest absolute Gasteiger partial charge is 0.274 e. The summed E-state index contributed by atoms with van der Waals surface area (Å²) in [6.07, 6.45) is -0.597. The summed E-state index contributed by atoms with van der Waals surface area (Å²) in [4.78, 5) is 13.4. The van der Waals surface area contributed by atoms with Crippen LogP contribution in [0.15, 0.2) is 18.2 Å². The summed E-state index contributed by atoms with van der Waals surface area (Å²) in [5, 5.41) is 18.6. The van der Waals surface area contributed by atoms with Crippen molar-refractivity contribution in [1.82, 2.24) is 10.4 Å². The van der Waals surface area contributed by atoms with Gasteiger partial charge in [-0.2, -0.15) is 0 Å². The third-order valence-corrected chi connectivity index (χ3v) is 3.58. The fourth-order valence-electron chi connectivity index (χ4n) is 2.40. The number of nitrogens with one attached hydrogen (secondary N) is 1. The minimum Gasteiger partial charge on any atom is -0.491 e. The van der Waals surface area contributed by atoms with Crippen LogP contribution in [0.5, 0.6) is 5.75 Å². The lowest BCUT2D eigenvalue weighted by atomic mass is 10.0. The second-order valence-electron chi connectivity index (χ2n) is 5.62. The number of ether oxygens (including phenoxy) is 1. The molecule has 0 aromatic heterocycles. The van der Waals surface area contributed by atoms with Crippen LogP contribution in [0.25, 0.3) is 0 Å². The minimum absolute atomic E-state index is 0.327. The van der Waals surface area contributed by atoms with Crippen molar-refractivity contribution in [1.29, 1.82) is 0 Å². The van der Waals surface area contributed by atoms with Gasteiger partial charge in [0.25, 0.3) is 5.91 Å². The highest BCUT2D eigenvalue weighted by Crippen LogP contribution is 2.31. The summed E-state index contributed by atoms with van der Waals surface area (Å²) >= 11 is 0. The molecule has 1 aliphatic heterocycles. The molecule has 20 heavy (non-hydrogen) atoms. The number of fused-ring (bicyclic) bond motifs is 1. The quantitative estimate of drug-likeness (QED) is 0.558. The fourth-order valence-corrected chi connectivity index (χ4v) is 2.40. The van der Waals surface area contributed by atoms with Gasteiger partial charge in [-0.1, -0.05) is 6.07 Å². The number of carbonyl (C=O) groups is 1. The lowest BCUT2D eigenvalue weighted by Crippen LogP contribution is -2.50. The predicted octanol–water partition coefficient (Wildman–Crippen LogP) is 1.12. The Morgan fingerprint density at radius 2 is 2.20 bits per heavy atom. The van der Waals surface area contributed by atoms with E-state index in [9.17, 15) is 9.90 Å². The van der Waals surface area contributed by atoms with Crippen LogP contribution >= 0.6 is 0 Å². The summed E-state index contributed by atoms with van der Waals surface area (Å²) in [5.41, 5.74) is 2.50. The van der Waals surface area contributed by atoms with Crippen molar-refractivity contribution in [2.24, 2.45) is 0 Å². The van der Waals surface area contributed by atoms with Gasteiger partial charge in [0.15, 0.2) is 0 Å². The molecule has 6 nitrogen and oxygen atoms in total. The number of benzene rings is 1. The number of rotatable bonds is 2. The van der Waals surface area contributed by atoms with Crippen molar-refractivity contribution >= 4 is 5.91 Å². The number of aliphatic hydroxyl groups excluding tert-OH is 1. The highest BCUT2D eigenvalue weighted by Gasteiger charge is 2.34. The van der Waals surface area contributed by atoms with E-state index in [1.165, 1.54) is 0 Å². The zero-order chi connectivity index (χ0) is 14.9. The van der Waals surface area contributed by atoms with Crippen LogP contribution in [0.4, 0.5) is 0 Å². The lowest BCUT2D eigenvalue weighted by Gasteiger charge is -2.37. The SMILES string of the molecule is CC(O)N1Cc2ccc(C(=O)NO)cc2OCC1(C)C. The molecule has 2 rings (SSSR count). The monoisotopic (exact) mass is 280 g/mol. The average molecular weight is 280 g/mol. The molecule has 1 amide bonds. The van der Waals surface area contributed by atoms with Gasteiger partial charge < -0.3 is 9.84 Å². The molecule has 1 aliphatic rings. The fraction of sp³-hybridized carbons (Fsp3) is 0.500. The van der Waals surface area contributed by atoms with E-state index in [0.29, 0.717) is 24.5 Å². The Hall–Kier alpha value is -1.63. The Labute approximate surface area is 117 Å². The molecule has 0 radical (unpaired) electrons. The zero-order valence-corrected chi connectivity index (χ0v) is 11.9. The number of carbonyl (C=O) groups excluding carboxylic acids is 1. The Kier molecular flexibility index (Phi) is 3.99. The second-order valence-corrected chi connectivity index (χ2v) is 5.62. The van der Waals surface area contributed by atoms with Gasteiger partial charge >= 0.3 is 0 Å². The standard InChI is InChI=1S/C14H20N2O4/c1-9(17)16-7-11-5-4-10(13(18)15-19)6-12(11)20-8-14(16,2)3/h4-6,9,17,19H,7-8H2,1-3H3,(H,15,18). The number of hydrogen-bond acceptors (Lipinski definition) is 5. The van der Waals surface area contributed by atoms with E-state index in [-0.39, 0.29) is 5.54 Å². The van der Waals surface area contributed by atoms with Crippen LogP contribution in [0.2, 0.25) is 0 Å². The van der Waals surface area contributed by atoms with Crippen molar-refractivity contribution in [3.63, 3.8) is 0 Å². The molecule has 0 saturated heterocycles. The molecule has 3 N–H and O–H groups in total.